The first-order chi connectivity index (χ1) is 8.41. The largest absolute Gasteiger partial charge is 0.394 e. The Bertz CT molecular complexity index is 104. The average molecular weight is 278 g/mol. The summed E-state index contributed by atoms with van der Waals surface area (Å²) in [5.41, 5.74) is 0. The van der Waals surface area contributed by atoms with Crippen LogP contribution in [0.3, 0.4) is 0 Å². The smallest absolute Gasteiger partial charge is 0.0662 e. The second-order valence-corrected chi connectivity index (χ2v) is 3.52. The maximum Gasteiger partial charge on any atom is 0.0662 e. The van der Waals surface area contributed by atoms with E-state index in [1.165, 1.54) is 5.75 Å². The molecule has 0 spiro atoms. The van der Waals surface area contributed by atoms with Crippen LogP contribution in [-0.4, -0.2) is 29.2 Å². The fourth-order valence-electron chi connectivity index (χ4n) is 0.196. The van der Waals surface area contributed by atoms with E-state index in [2.05, 4.69) is 64.1 Å². The van der Waals surface area contributed by atoms with E-state index in [0.717, 1.165) is 0 Å². The number of aliphatic hydroxyl groups is 2. The Morgan fingerprint density at radius 1 is 0.824 bits per heavy atom. The summed E-state index contributed by atoms with van der Waals surface area (Å²) >= 11 is 0. The third kappa shape index (κ3) is 96.0. The Kier molecular flexibility index (Phi) is 138. The Labute approximate surface area is 115 Å². The molecule has 17 heavy (non-hydrogen) atoms. The van der Waals surface area contributed by atoms with Crippen molar-refractivity contribution in [3.8, 4) is 0 Å². The van der Waals surface area contributed by atoms with Gasteiger partial charge in [-0.2, -0.15) is 0 Å². The van der Waals surface area contributed by atoms with E-state index in [0.29, 0.717) is 0 Å². The summed E-state index contributed by atoms with van der Waals surface area (Å²) in [6.07, 6.45) is 2.16. The summed E-state index contributed by atoms with van der Waals surface area (Å²) in [4.78, 5) is 0. The van der Waals surface area contributed by atoms with Crippen molar-refractivity contribution in [3.63, 3.8) is 0 Å². The van der Waals surface area contributed by atoms with Crippen LogP contribution in [0, 0.1) is 0 Å². The zero-order valence-electron chi connectivity index (χ0n) is 10.6. The molecule has 0 atom stereocenters. The highest BCUT2D eigenvalue weighted by Crippen LogP contribution is 2.27. The Hall–Kier alpha value is -0.680. The van der Waals surface area contributed by atoms with E-state index < -0.39 is 0 Å². The van der Waals surface area contributed by atoms with Crippen molar-refractivity contribution >= 4 is 21.6 Å². The van der Waals surface area contributed by atoms with Gasteiger partial charge in [0.05, 0.1) is 13.2 Å². The van der Waals surface area contributed by atoms with Crippen LogP contribution in [0.15, 0.2) is 64.1 Å². The normalized spacial score (nSPS) is 8.82. The molecule has 0 aromatic carbocycles. The predicted molar refractivity (Wildman–Crippen MR) is 88.4 cm³/mol. The summed E-state index contributed by atoms with van der Waals surface area (Å²) in [7, 11) is 3.69. The molecule has 0 saturated heterocycles. The molecule has 0 aromatic rings. The third-order valence-corrected chi connectivity index (χ3v) is 2.40. The lowest BCUT2D eigenvalue weighted by Gasteiger charge is -1.70. The van der Waals surface area contributed by atoms with Gasteiger partial charge in [0, 0.05) is 5.75 Å². The van der Waals surface area contributed by atoms with Crippen LogP contribution >= 0.6 is 21.6 Å². The van der Waals surface area contributed by atoms with Crippen LogP contribution in [0.4, 0.5) is 0 Å². The van der Waals surface area contributed by atoms with Gasteiger partial charge in [-0.15, -0.1) is 52.6 Å². The molecule has 1 aliphatic rings. The van der Waals surface area contributed by atoms with Gasteiger partial charge in [0.25, 0.3) is 0 Å². The van der Waals surface area contributed by atoms with E-state index in [1.807, 2.05) is 21.6 Å². The van der Waals surface area contributed by atoms with Gasteiger partial charge in [-0.1, -0.05) is 27.7 Å². The molecule has 0 aromatic heterocycles. The molecule has 1 aliphatic heterocycles. The van der Waals surface area contributed by atoms with Crippen LogP contribution in [-0.2, 0) is 0 Å². The molecule has 102 valence electrons. The molecular weight excluding hydrogens is 252 g/mol. The molecular formula is C13H26O2S2. The average Bonchev–Trinajstić information content (AvgIpc) is 3.06. The molecule has 0 unspecified atom stereocenters. The summed E-state index contributed by atoms with van der Waals surface area (Å²) in [5.74, 6) is 1.20. The minimum absolute atomic E-state index is 0.125. The van der Waals surface area contributed by atoms with E-state index >= 15 is 0 Å². The predicted octanol–water partition coefficient (Wildman–Crippen LogP) is 4.07. The van der Waals surface area contributed by atoms with Crippen molar-refractivity contribution in [2.24, 2.45) is 0 Å². The van der Waals surface area contributed by atoms with Crippen LogP contribution in [0.5, 0.6) is 0 Å². The molecule has 0 amide bonds. The standard InChI is InChI=1S/C3H4S2.C2H6O2.4C2H4/c1-2-4-5-3-1;3-1-2-4;4*1-2/h1-2H,3H2;3-4H,1-2H2;4*1-2H2. The summed E-state index contributed by atoms with van der Waals surface area (Å²) in [5, 5.41) is 17.4. The molecule has 4 heteroatoms. The number of hydrogen-bond acceptors (Lipinski definition) is 4. The topological polar surface area (TPSA) is 40.5 Å². The zero-order valence-corrected chi connectivity index (χ0v) is 12.3. The lowest BCUT2D eigenvalue weighted by molar-refractivity contribution is 0.186. The van der Waals surface area contributed by atoms with E-state index in [-0.39, 0.29) is 13.2 Å². The summed E-state index contributed by atoms with van der Waals surface area (Å²) in [6, 6.07) is 0. The Morgan fingerprint density at radius 2 is 1.18 bits per heavy atom. The maximum atomic E-state index is 7.62. The van der Waals surface area contributed by atoms with Gasteiger partial charge in [0.15, 0.2) is 0 Å². The monoisotopic (exact) mass is 278 g/mol. The number of rotatable bonds is 1. The number of hydrogen-bond donors (Lipinski definition) is 2. The van der Waals surface area contributed by atoms with Crippen LogP contribution in [0.2, 0.25) is 0 Å². The highest BCUT2D eigenvalue weighted by atomic mass is 33.1. The van der Waals surface area contributed by atoms with Gasteiger partial charge in [-0.25, -0.2) is 0 Å². The molecule has 0 fully saturated rings. The van der Waals surface area contributed by atoms with Gasteiger partial charge < -0.3 is 10.2 Å². The first-order valence-corrected chi connectivity index (χ1v) is 6.95. The molecule has 2 N–H and O–H groups in total. The SMILES string of the molecule is C1=CSSC1.C=C.C=C.C=C.C=C.OCCO. The fourth-order valence-corrected chi connectivity index (χ4v) is 1.77. The van der Waals surface area contributed by atoms with Crippen molar-refractivity contribution in [2.45, 2.75) is 0 Å². The van der Waals surface area contributed by atoms with Crippen molar-refractivity contribution in [3.05, 3.63) is 64.1 Å². The highest BCUT2D eigenvalue weighted by Gasteiger charge is 1.85. The molecule has 0 saturated carbocycles. The molecule has 2 nitrogen and oxygen atoms in total. The molecule has 0 aliphatic carbocycles. The van der Waals surface area contributed by atoms with Gasteiger partial charge in [0.1, 0.15) is 0 Å². The lowest BCUT2D eigenvalue weighted by atomic mass is 10.8. The van der Waals surface area contributed by atoms with Crippen LogP contribution in [0.1, 0.15) is 0 Å². The third-order valence-electron chi connectivity index (χ3n) is 0.484. The second kappa shape index (κ2) is 78.7. The molecule has 0 radical (unpaired) electrons. The van der Waals surface area contributed by atoms with Crippen molar-refractivity contribution in [2.75, 3.05) is 19.0 Å². The minimum Gasteiger partial charge on any atom is -0.394 e. The van der Waals surface area contributed by atoms with Gasteiger partial charge in [-0.05, 0) is 5.41 Å². The Balaban J connectivity index is -0.0000000366. The van der Waals surface area contributed by atoms with E-state index in [9.17, 15) is 0 Å². The van der Waals surface area contributed by atoms with Crippen molar-refractivity contribution < 1.29 is 10.2 Å². The van der Waals surface area contributed by atoms with E-state index in [4.69, 9.17) is 10.2 Å². The molecule has 1 rings (SSSR count). The maximum absolute atomic E-state index is 7.62. The fraction of sp³-hybridized carbons (Fsp3) is 0.231. The number of aliphatic hydroxyl groups excluding tert-OH is 2. The molecule has 0 bridgehead atoms. The quantitative estimate of drug-likeness (QED) is 0.560. The van der Waals surface area contributed by atoms with Crippen molar-refractivity contribution in [1.29, 1.82) is 0 Å². The van der Waals surface area contributed by atoms with Crippen molar-refractivity contribution in [1.82, 2.24) is 0 Å². The van der Waals surface area contributed by atoms with Crippen LogP contribution in [0.25, 0.3) is 0 Å². The highest BCUT2D eigenvalue weighted by molar-refractivity contribution is 8.78. The second-order valence-electron chi connectivity index (χ2n) is 1.20. The first-order valence-electron chi connectivity index (χ1n) is 4.57. The van der Waals surface area contributed by atoms with Gasteiger partial charge in [-0.3, -0.25) is 0 Å². The summed E-state index contributed by atoms with van der Waals surface area (Å²) in [6.45, 7) is 23.8. The Morgan fingerprint density at radius 3 is 1.24 bits per heavy atom. The lowest BCUT2D eigenvalue weighted by Crippen LogP contribution is -1.85. The van der Waals surface area contributed by atoms with E-state index in [1.54, 1.807) is 0 Å². The first kappa shape index (κ1) is 29.9. The van der Waals surface area contributed by atoms with Gasteiger partial charge >= 0.3 is 0 Å². The van der Waals surface area contributed by atoms with Crippen LogP contribution < -0.4 is 0 Å². The van der Waals surface area contributed by atoms with Gasteiger partial charge in [0.2, 0.25) is 0 Å². The molecule has 1 heterocycles. The minimum atomic E-state index is -0.125. The zero-order chi connectivity index (χ0) is 14.9. The summed E-state index contributed by atoms with van der Waals surface area (Å²) < 4.78 is 0.